The Kier molecular flexibility index (Phi) is 3.85. The van der Waals surface area contributed by atoms with Gasteiger partial charge in [0.1, 0.15) is 0 Å². The molecule has 6 heteroatoms. The summed E-state index contributed by atoms with van der Waals surface area (Å²) in [5.74, 6) is 0.208. The number of carbonyl (C=O) groups excluding carboxylic acids is 2. The molecule has 2 saturated heterocycles. The first-order valence-corrected chi connectivity index (χ1v) is 9.14. The molecule has 1 saturated carbocycles. The first-order valence-electron chi connectivity index (χ1n) is 9.14. The summed E-state index contributed by atoms with van der Waals surface area (Å²) in [4.78, 5) is 29.1. The number of hydrogen-bond donors (Lipinski definition) is 0. The number of nitrogens with zero attached hydrogens (tertiary/aromatic N) is 4. The van der Waals surface area contributed by atoms with Crippen LogP contribution >= 0.6 is 0 Å². The number of rotatable bonds is 4. The summed E-state index contributed by atoms with van der Waals surface area (Å²) in [6, 6.07) is 2.70. The molecule has 1 aliphatic carbocycles. The minimum absolute atomic E-state index is 0.140. The molecule has 2 amide bonds. The van der Waals surface area contributed by atoms with E-state index in [2.05, 4.69) is 18.1 Å². The molecule has 4 rings (SSSR count). The standard InChI is InChI=1S/C18H26N4O2/c1-12-8-13(2)22(19-12)11-16-4-3-7-20(16)18(24)14-9-17(23)21(10-14)15-5-6-15/h8,14-16H,3-7,9-11H2,1-2H3/t14-,16+/m1/s1. The maximum atomic E-state index is 13.0. The second kappa shape index (κ2) is 5.90. The molecule has 1 aromatic rings. The van der Waals surface area contributed by atoms with Crippen LogP contribution in [-0.4, -0.2) is 56.6 Å². The van der Waals surface area contributed by atoms with Gasteiger partial charge in [0, 0.05) is 31.2 Å². The molecule has 0 bridgehead atoms. The molecule has 0 spiro atoms. The molecule has 3 fully saturated rings. The number of likely N-dealkylation sites (tertiary alicyclic amines) is 2. The second-order valence-electron chi connectivity index (χ2n) is 7.62. The average molecular weight is 330 g/mol. The van der Waals surface area contributed by atoms with Gasteiger partial charge in [-0.05, 0) is 45.6 Å². The zero-order valence-electron chi connectivity index (χ0n) is 14.6. The quantitative estimate of drug-likeness (QED) is 0.841. The van der Waals surface area contributed by atoms with Crippen LogP contribution in [0.2, 0.25) is 0 Å². The van der Waals surface area contributed by atoms with Crippen molar-refractivity contribution in [3.63, 3.8) is 0 Å². The van der Waals surface area contributed by atoms with Crippen molar-refractivity contribution in [1.29, 1.82) is 0 Å². The van der Waals surface area contributed by atoms with Crippen LogP contribution in [0.25, 0.3) is 0 Å². The summed E-state index contributed by atoms with van der Waals surface area (Å²) in [6.45, 7) is 6.27. The molecular formula is C18H26N4O2. The zero-order chi connectivity index (χ0) is 16.8. The Bertz CT molecular complexity index is 664. The van der Waals surface area contributed by atoms with Gasteiger partial charge in [-0.3, -0.25) is 14.3 Å². The monoisotopic (exact) mass is 330 g/mol. The highest BCUT2D eigenvalue weighted by atomic mass is 16.2. The SMILES string of the molecule is Cc1cc(C)n(C[C@@H]2CCCN2C(=O)[C@@H]2CC(=O)N(C3CC3)C2)n1. The molecule has 3 aliphatic rings. The van der Waals surface area contributed by atoms with Gasteiger partial charge in [0.25, 0.3) is 0 Å². The molecule has 0 N–H and O–H groups in total. The van der Waals surface area contributed by atoms with E-state index in [9.17, 15) is 9.59 Å². The minimum Gasteiger partial charge on any atom is -0.339 e. The lowest BCUT2D eigenvalue weighted by Crippen LogP contribution is -2.42. The molecule has 2 aliphatic heterocycles. The number of aromatic nitrogens is 2. The summed E-state index contributed by atoms with van der Waals surface area (Å²) in [5, 5.41) is 4.54. The number of hydrogen-bond acceptors (Lipinski definition) is 3. The Morgan fingerprint density at radius 1 is 1.29 bits per heavy atom. The smallest absolute Gasteiger partial charge is 0.228 e. The molecular weight excluding hydrogens is 304 g/mol. The van der Waals surface area contributed by atoms with E-state index < -0.39 is 0 Å². The van der Waals surface area contributed by atoms with Crippen molar-refractivity contribution in [3.05, 3.63) is 17.5 Å². The van der Waals surface area contributed by atoms with Gasteiger partial charge in [-0.25, -0.2) is 0 Å². The molecule has 0 radical (unpaired) electrons. The molecule has 0 unspecified atom stereocenters. The third-order valence-electron chi connectivity index (χ3n) is 5.64. The second-order valence-corrected chi connectivity index (χ2v) is 7.62. The Morgan fingerprint density at radius 2 is 2.08 bits per heavy atom. The number of aryl methyl sites for hydroxylation is 2. The van der Waals surface area contributed by atoms with Crippen LogP contribution in [0, 0.1) is 19.8 Å². The van der Waals surface area contributed by atoms with Crippen LogP contribution in [-0.2, 0) is 16.1 Å². The topological polar surface area (TPSA) is 58.4 Å². The van der Waals surface area contributed by atoms with Gasteiger partial charge in [-0.15, -0.1) is 0 Å². The van der Waals surface area contributed by atoms with Crippen LogP contribution in [0.3, 0.4) is 0 Å². The van der Waals surface area contributed by atoms with Crippen molar-refractivity contribution in [2.75, 3.05) is 13.1 Å². The van der Waals surface area contributed by atoms with Crippen molar-refractivity contribution in [3.8, 4) is 0 Å². The molecule has 2 atom stereocenters. The zero-order valence-corrected chi connectivity index (χ0v) is 14.6. The lowest BCUT2D eigenvalue weighted by molar-refractivity contribution is -0.136. The molecule has 1 aromatic heterocycles. The van der Waals surface area contributed by atoms with E-state index in [1.54, 1.807) is 0 Å². The summed E-state index contributed by atoms with van der Waals surface area (Å²) in [6.07, 6.45) is 4.69. The maximum absolute atomic E-state index is 13.0. The van der Waals surface area contributed by atoms with Gasteiger partial charge in [-0.2, -0.15) is 5.10 Å². The highest BCUT2D eigenvalue weighted by Gasteiger charge is 2.44. The lowest BCUT2D eigenvalue weighted by atomic mass is 10.1. The fraction of sp³-hybridized carbons (Fsp3) is 0.722. The molecule has 24 heavy (non-hydrogen) atoms. The van der Waals surface area contributed by atoms with E-state index in [0.29, 0.717) is 19.0 Å². The van der Waals surface area contributed by atoms with Gasteiger partial charge in [0.2, 0.25) is 11.8 Å². The van der Waals surface area contributed by atoms with Gasteiger partial charge in [0.15, 0.2) is 0 Å². The summed E-state index contributed by atoms with van der Waals surface area (Å²) >= 11 is 0. The van der Waals surface area contributed by atoms with Crippen LogP contribution in [0.15, 0.2) is 6.07 Å². The highest BCUT2D eigenvalue weighted by Crippen LogP contribution is 2.34. The normalized spacial score (nSPS) is 27.3. The molecule has 0 aromatic carbocycles. The predicted octanol–water partition coefficient (Wildman–Crippen LogP) is 1.50. The largest absolute Gasteiger partial charge is 0.339 e. The van der Waals surface area contributed by atoms with E-state index in [1.807, 2.05) is 21.4 Å². The maximum Gasteiger partial charge on any atom is 0.228 e. The summed E-state index contributed by atoms with van der Waals surface area (Å²) < 4.78 is 2.02. The van der Waals surface area contributed by atoms with Crippen LogP contribution in [0.5, 0.6) is 0 Å². The third kappa shape index (κ3) is 2.82. The van der Waals surface area contributed by atoms with Gasteiger partial charge < -0.3 is 9.80 Å². The van der Waals surface area contributed by atoms with Gasteiger partial charge in [0.05, 0.1) is 24.2 Å². The lowest BCUT2D eigenvalue weighted by Gasteiger charge is -2.27. The van der Waals surface area contributed by atoms with Crippen molar-refractivity contribution < 1.29 is 9.59 Å². The van der Waals surface area contributed by atoms with Crippen molar-refractivity contribution >= 4 is 11.8 Å². The van der Waals surface area contributed by atoms with Crippen molar-refractivity contribution in [1.82, 2.24) is 19.6 Å². The first-order chi connectivity index (χ1) is 11.5. The third-order valence-corrected chi connectivity index (χ3v) is 5.64. The number of carbonyl (C=O) groups is 2. The Balaban J connectivity index is 1.43. The minimum atomic E-state index is -0.140. The molecule has 3 heterocycles. The Hall–Kier alpha value is -1.85. The summed E-state index contributed by atoms with van der Waals surface area (Å²) in [5.41, 5.74) is 2.16. The highest BCUT2D eigenvalue weighted by molar-refractivity contribution is 5.89. The van der Waals surface area contributed by atoms with Crippen LogP contribution < -0.4 is 0 Å². The van der Waals surface area contributed by atoms with E-state index in [4.69, 9.17) is 0 Å². The van der Waals surface area contributed by atoms with E-state index in [1.165, 1.54) is 0 Å². The van der Waals surface area contributed by atoms with Crippen molar-refractivity contribution in [2.24, 2.45) is 5.92 Å². The van der Waals surface area contributed by atoms with E-state index in [0.717, 1.165) is 50.2 Å². The Morgan fingerprint density at radius 3 is 2.75 bits per heavy atom. The predicted molar refractivity (Wildman–Crippen MR) is 89.3 cm³/mol. The first kappa shape index (κ1) is 15.7. The van der Waals surface area contributed by atoms with Gasteiger partial charge in [-0.1, -0.05) is 0 Å². The summed E-state index contributed by atoms with van der Waals surface area (Å²) in [7, 11) is 0. The average Bonchev–Trinajstić information content (AvgIpc) is 3.01. The molecule has 130 valence electrons. The fourth-order valence-electron chi connectivity index (χ4n) is 4.25. The van der Waals surface area contributed by atoms with Crippen molar-refractivity contribution in [2.45, 2.75) is 64.6 Å². The van der Waals surface area contributed by atoms with E-state index >= 15 is 0 Å². The fourth-order valence-corrected chi connectivity index (χ4v) is 4.25. The van der Waals surface area contributed by atoms with Crippen LogP contribution in [0.1, 0.15) is 43.5 Å². The van der Waals surface area contributed by atoms with Crippen LogP contribution in [0.4, 0.5) is 0 Å². The Labute approximate surface area is 142 Å². The molecule has 6 nitrogen and oxygen atoms in total. The van der Waals surface area contributed by atoms with Gasteiger partial charge >= 0.3 is 0 Å². The number of amides is 2. The van der Waals surface area contributed by atoms with E-state index in [-0.39, 0.29) is 23.8 Å².